The van der Waals surface area contributed by atoms with Gasteiger partial charge < -0.3 is 8.97 Å². The van der Waals surface area contributed by atoms with E-state index in [4.69, 9.17) is 9.97 Å². The average Bonchev–Trinajstić information content (AvgIpc) is 3.88. The van der Waals surface area contributed by atoms with E-state index in [-0.39, 0.29) is 0 Å². The molecule has 12 aromatic rings. The summed E-state index contributed by atoms with van der Waals surface area (Å²) in [5.41, 5.74) is 13.5. The first kappa shape index (κ1) is 25.3. The number of aromatic nitrogens is 4. The van der Waals surface area contributed by atoms with Gasteiger partial charge >= 0.3 is 0 Å². The van der Waals surface area contributed by atoms with Gasteiger partial charge in [0.2, 0.25) is 0 Å². The summed E-state index contributed by atoms with van der Waals surface area (Å²) in [5, 5.41) is 12.6. The van der Waals surface area contributed by atoms with Crippen molar-refractivity contribution in [2.24, 2.45) is 0 Å². The highest BCUT2D eigenvalue weighted by molar-refractivity contribution is 6.36. The predicted molar refractivity (Wildman–Crippen MR) is 208 cm³/mol. The molecule has 1 aliphatic rings. The summed E-state index contributed by atoms with van der Waals surface area (Å²) >= 11 is 0. The minimum Gasteiger partial charge on any atom is -0.309 e. The van der Waals surface area contributed by atoms with Gasteiger partial charge in [0.1, 0.15) is 0 Å². The zero-order chi connectivity index (χ0) is 32.2. The molecule has 0 atom stereocenters. The monoisotopic (exact) mass is 632 g/mol. The molecule has 0 aliphatic heterocycles. The molecule has 8 aromatic carbocycles. The molecular formula is C46H24N4. The highest BCUT2D eigenvalue weighted by Crippen LogP contribution is 2.50. The van der Waals surface area contributed by atoms with Gasteiger partial charge in [-0.1, -0.05) is 91.0 Å². The lowest BCUT2D eigenvalue weighted by Crippen LogP contribution is -1.96. The van der Waals surface area contributed by atoms with Crippen molar-refractivity contribution in [1.29, 1.82) is 0 Å². The van der Waals surface area contributed by atoms with Crippen LogP contribution in [0.3, 0.4) is 0 Å². The predicted octanol–water partition coefficient (Wildman–Crippen LogP) is 11.8. The van der Waals surface area contributed by atoms with Crippen LogP contribution in [0.25, 0.3) is 121 Å². The minimum absolute atomic E-state index is 0.923. The molecule has 0 fully saturated rings. The lowest BCUT2D eigenvalue weighted by Gasteiger charge is -2.13. The van der Waals surface area contributed by atoms with Crippen LogP contribution in [-0.4, -0.2) is 18.9 Å². The van der Waals surface area contributed by atoms with Crippen LogP contribution in [-0.2, 0) is 0 Å². The van der Waals surface area contributed by atoms with Gasteiger partial charge in [0, 0.05) is 54.2 Å². The molecule has 0 amide bonds. The number of para-hydroxylation sites is 4. The Morgan fingerprint density at radius 2 is 1.02 bits per heavy atom. The van der Waals surface area contributed by atoms with Gasteiger partial charge in [-0.2, -0.15) is 0 Å². The molecule has 228 valence electrons. The van der Waals surface area contributed by atoms with Crippen molar-refractivity contribution in [2.45, 2.75) is 0 Å². The zero-order valence-corrected chi connectivity index (χ0v) is 26.6. The van der Waals surface area contributed by atoms with Crippen molar-refractivity contribution in [3.8, 4) is 28.2 Å². The van der Waals surface area contributed by atoms with E-state index in [0.717, 1.165) is 33.5 Å². The third kappa shape index (κ3) is 2.88. The van der Waals surface area contributed by atoms with E-state index in [9.17, 15) is 0 Å². The van der Waals surface area contributed by atoms with E-state index in [1.165, 1.54) is 87.1 Å². The molecule has 4 aromatic heterocycles. The molecular weight excluding hydrogens is 609 g/mol. The Hall–Kier alpha value is -6.78. The normalized spacial score (nSPS) is 12.8. The van der Waals surface area contributed by atoms with Crippen molar-refractivity contribution in [1.82, 2.24) is 18.9 Å². The third-order valence-corrected chi connectivity index (χ3v) is 11.3. The fraction of sp³-hybridized carbons (Fsp3) is 0. The molecule has 0 saturated carbocycles. The third-order valence-electron chi connectivity index (χ3n) is 11.3. The zero-order valence-electron chi connectivity index (χ0n) is 26.6. The molecule has 0 bridgehead atoms. The Balaban J connectivity index is 1.25. The standard InChI is InChI=1S/C46H24N4/c1-2-11-26-23-39-33(22-25(26)10-1)42-40(24-32-27-12-3-7-18-36(27)50-37-19-8-4-13-29(37)43(42)46(32)50)49(39)38-21-20-31-41-28(38)14-9-15-30(41)44-45(31)48-35-17-6-5-16-34(35)47-44/h1-24H. The van der Waals surface area contributed by atoms with Crippen LogP contribution in [0.4, 0.5) is 0 Å². The maximum atomic E-state index is 5.16. The quantitative estimate of drug-likeness (QED) is 0.180. The molecule has 1 aliphatic carbocycles. The van der Waals surface area contributed by atoms with Gasteiger partial charge in [-0.25, -0.2) is 9.97 Å². The summed E-state index contributed by atoms with van der Waals surface area (Å²) in [4.78, 5) is 10.3. The summed E-state index contributed by atoms with van der Waals surface area (Å²) in [7, 11) is 0. The SMILES string of the molecule is c1ccc2cc3c(cc2c1)c1c2c4ccccc4n4c5ccccc5c(cc1n3-c1ccc3c5c(cccc15)-c1nc5ccccc5nc1-3)c24. The number of nitrogens with zero attached hydrogens (tertiary/aromatic N) is 4. The van der Waals surface area contributed by atoms with Crippen molar-refractivity contribution in [3.63, 3.8) is 0 Å². The maximum absolute atomic E-state index is 5.16. The van der Waals surface area contributed by atoms with E-state index < -0.39 is 0 Å². The Labute approximate surface area is 284 Å². The van der Waals surface area contributed by atoms with Crippen LogP contribution in [0, 0.1) is 0 Å². The van der Waals surface area contributed by atoms with E-state index in [1.54, 1.807) is 0 Å². The van der Waals surface area contributed by atoms with Gasteiger partial charge in [-0.15, -0.1) is 0 Å². The molecule has 0 N–H and O–H groups in total. The second-order valence-electron chi connectivity index (χ2n) is 13.7. The van der Waals surface area contributed by atoms with Gasteiger partial charge in [-0.05, 0) is 65.4 Å². The molecule has 4 heterocycles. The Morgan fingerprint density at radius 1 is 0.380 bits per heavy atom. The molecule has 0 saturated heterocycles. The van der Waals surface area contributed by atoms with E-state index >= 15 is 0 Å². The number of hydrogen-bond acceptors (Lipinski definition) is 2. The first-order valence-corrected chi connectivity index (χ1v) is 17.2. The molecule has 50 heavy (non-hydrogen) atoms. The van der Waals surface area contributed by atoms with Gasteiger partial charge in [-0.3, -0.25) is 0 Å². The number of benzene rings is 8. The van der Waals surface area contributed by atoms with Crippen molar-refractivity contribution in [3.05, 3.63) is 146 Å². The fourth-order valence-electron chi connectivity index (χ4n) is 9.31. The van der Waals surface area contributed by atoms with Gasteiger partial charge in [0.15, 0.2) is 0 Å². The number of fused-ring (bicyclic) bond motifs is 15. The summed E-state index contributed by atoms with van der Waals surface area (Å²) in [5.74, 6) is 0. The summed E-state index contributed by atoms with van der Waals surface area (Å²) in [6, 6.07) is 53.2. The van der Waals surface area contributed by atoms with Gasteiger partial charge in [0.25, 0.3) is 0 Å². The van der Waals surface area contributed by atoms with Crippen LogP contribution in [0.1, 0.15) is 0 Å². The van der Waals surface area contributed by atoms with Crippen LogP contribution in [0.5, 0.6) is 0 Å². The summed E-state index contributed by atoms with van der Waals surface area (Å²) in [6.07, 6.45) is 0. The largest absolute Gasteiger partial charge is 0.309 e. The van der Waals surface area contributed by atoms with Crippen LogP contribution in [0.15, 0.2) is 146 Å². The topological polar surface area (TPSA) is 35.1 Å². The summed E-state index contributed by atoms with van der Waals surface area (Å²) in [6.45, 7) is 0. The van der Waals surface area contributed by atoms with E-state index in [2.05, 4.69) is 142 Å². The lowest BCUT2D eigenvalue weighted by molar-refractivity contribution is 1.20. The molecule has 4 nitrogen and oxygen atoms in total. The van der Waals surface area contributed by atoms with Gasteiger partial charge in [0.05, 0.1) is 55.7 Å². The van der Waals surface area contributed by atoms with Crippen molar-refractivity contribution < 1.29 is 0 Å². The average molecular weight is 633 g/mol. The molecule has 0 radical (unpaired) electrons. The smallest absolute Gasteiger partial charge is 0.0979 e. The summed E-state index contributed by atoms with van der Waals surface area (Å²) < 4.78 is 5.02. The van der Waals surface area contributed by atoms with E-state index in [1.807, 2.05) is 12.1 Å². The Morgan fingerprint density at radius 3 is 1.82 bits per heavy atom. The highest BCUT2D eigenvalue weighted by Gasteiger charge is 2.28. The molecule has 0 spiro atoms. The Bertz CT molecular complexity index is 3440. The highest BCUT2D eigenvalue weighted by atomic mass is 15.0. The molecule has 13 rings (SSSR count). The van der Waals surface area contributed by atoms with Crippen molar-refractivity contribution >= 4 is 92.5 Å². The maximum Gasteiger partial charge on any atom is 0.0979 e. The van der Waals surface area contributed by atoms with Crippen molar-refractivity contribution in [2.75, 3.05) is 0 Å². The number of hydrogen-bond donors (Lipinski definition) is 0. The lowest BCUT2D eigenvalue weighted by atomic mass is 10.0. The minimum atomic E-state index is 0.923. The fourth-order valence-corrected chi connectivity index (χ4v) is 9.31. The van der Waals surface area contributed by atoms with Crippen LogP contribution >= 0.6 is 0 Å². The molecule has 4 heteroatoms. The first-order valence-electron chi connectivity index (χ1n) is 17.2. The first-order chi connectivity index (χ1) is 24.8. The number of rotatable bonds is 1. The van der Waals surface area contributed by atoms with Crippen LogP contribution in [0.2, 0.25) is 0 Å². The molecule has 0 unspecified atom stereocenters. The Kier molecular flexibility index (Phi) is 4.36. The van der Waals surface area contributed by atoms with E-state index in [0.29, 0.717) is 0 Å². The second kappa shape index (κ2) is 8.62. The second-order valence-corrected chi connectivity index (χ2v) is 13.7. The van der Waals surface area contributed by atoms with Crippen LogP contribution < -0.4 is 0 Å².